The predicted molar refractivity (Wildman–Crippen MR) is 98.7 cm³/mol. The van der Waals surface area contributed by atoms with E-state index in [1.54, 1.807) is 12.1 Å². The zero-order chi connectivity index (χ0) is 20.4. The smallest absolute Gasteiger partial charge is 0.274 e. The molecule has 0 aromatic heterocycles. The molecular weight excluding hydrogens is 391 g/mol. The van der Waals surface area contributed by atoms with Crippen molar-refractivity contribution < 1.29 is 26.4 Å². The van der Waals surface area contributed by atoms with E-state index >= 15 is 0 Å². The molecule has 1 N–H and O–H groups in total. The summed E-state index contributed by atoms with van der Waals surface area (Å²) in [6.07, 6.45) is -3.81. The van der Waals surface area contributed by atoms with E-state index in [1.807, 2.05) is 35.1 Å². The Bertz CT molecular complexity index is 925. The van der Waals surface area contributed by atoms with Gasteiger partial charge in [0, 0.05) is 0 Å². The van der Waals surface area contributed by atoms with Crippen molar-refractivity contribution in [2.45, 2.75) is 36.8 Å². The first-order valence-corrected chi connectivity index (χ1v) is 10.5. The summed E-state index contributed by atoms with van der Waals surface area (Å²) in [5.41, 5.74) is 1.68. The molecule has 0 aliphatic heterocycles. The highest BCUT2D eigenvalue weighted by atomic mass is 32.2. The molecule has 2 atom stereocenters. The maximum absolute atomic E-state index is 13.2. The van der Waals surface area contributed by atoms with Crippen LogP contribution in [0.2, 0.25) is 0 Å². The van der Waals surface area contributed by atoms with Crippen LogP contribution in [0.5, 0.6) is 0 Å². The van der Waals surface area contributed by atoms with Crippen LogP contribution >= 0.6 is 0 Å². The fourth-order valence-electron chi connectivity index (χ4n) is 3.56. The molecule has 3 rings (SSSR count). The minimum absolute atomic E-state index is 0.0263. The highest BCUT2D eigenvalue weighted by Gasteiger charge is 2.48. The number of carbonyl (C=O) groups excluding carboxylic acids is 1. The van der Waals surface area contributed by atoms with Crippen LogP contribution in [0.15, 0.2) is 59.5 Å². The van der Waals surface area contributed by atoms with E-state index in [2.05, 4.69) is 0 Å². The number of rotatable bonds is 4. The van der Waals surface area contributed by atoms with Gasteiger partial charge in [-0.1, -0.05) is 55.3 Å². The third kappa shape index (κ3) is 4.55. The molecule has 8 heteroatoms. The van der Waals surface area contributed by atoms with Crippen molar-refractivity contribution in [3.63, 3.8) is 0 Å². The summed E-state index contributed by atoms with van der Waals surface area (Å²) in [7, 11) is -4.24. The van der Waals surface area contributed by atoms with Crippen molar-refractivity contribution in [1.29, 1.82) is 0 Å². The summed E-state index contributed by atoms with van der Waals surface area (Å²) < 4.78 is 66.3. The van der Waals surface area contributed by atoms with E-state index in [9.17, 15) is 26.4 Å². The number of nitrogens with one attached hydrogen (secondary N) is 1. The lowest BCUT2D eigenvalue weighted by atomic mass is 9.78. The summed E-state index contributed by atoms with van der Waals surface area (Å²) in [4.78, 5) is 12.2. The Morgan fingerprint density at radius 3 is 2.07 bits per heavy atom. The minimum Gasteiger partial charge on any atom is -0.274 e. The third-order valence-corrected chi connectivity index (χ3v) is 6.39. The Morgan fingerprint density at radius 2 is 1.46 bits per heavy atom. The molecule has 0 heterocycles. The largest absolute Gasteiger partial charge is 0.392 e. The Balaban J connectivity index is 1.76. The summed E-state index contributed by atoms with van der Waals surface area (Å²) in [5.74, 6) is -4.28. The van der Waals surface area contributed by atoms with Gasteiger partial charge in [-0.15, -0.1) is 0 Å². The Hall–Kier alpha value is -2.35. The number of halogens is 3. The van der Waals surface area contributed by atoms with Crippen molar-refractivity contribution in [3.05, 3.63) is 54.6 Å². The molecule has 28 heavy (non-hydrogen) atoms. The molecule has 1 saturated carbocycles. The second kappa shape index (κ2) is 7.95. The van der Waals surface area contributed by atoms with E-state index in [0.717, 1.165) is 11.1 Å². The van der Waals surface area contributed by atoms with Gasteiger partial charge in [-0.25, -0.2) is 13.1 Å². The van der Waals surface area contributed by atoms with Crippen LogP contribution in [0.4, 0.5) is 13.2 Å². The number of alkyl halides is 3. The molecule has 2 aromatic rings. The summed E-state index contributed by atoms with van der Waals surface area (Å²) in [6, 6.07) is 15.1. The first-order chi connectivity index (χ1) is 13.2. The quantitative estimate of drug-likeness (QED) is 0.804. The molecule has 1 fully saturated rings. The summed E-state index contributed by atoms with van der Waals surface area (Å²) in [5, 5.41) is 0. The van der Waals surface area contributed by atoms with Crippen molar-refractivity contribution >= 4 is 15.9 Å². The van der Waals surface area contributed by atoms with Crippen LogP contribution in [0, 0.1) is 11.8 Å². The fraction of sp³-hybridized carbons (Fsp3) is 0.350. The molecule has 1 amide bonds. The van der Waals surface area contributed by atoms with Crippen LogP contribution in [-0.2, 0) is 14.8 Å². The van der Waals surface area contributed by atoms with Gasteiger partial charge in [0.05, 0.1) is 16.7 Å². The van der Waals surface area contributed by atoms with Crippen molar-refractivity contribution in [3.8, 4) is 11.1 Å². The van der Waals surface area contributed by atoms with Crippen molar-refractivity contribution in [2.75, 3.05) is 0 Å². The van der Waals surface area contributed by atoms with Crippen LogP contribution in [0.1, 0.15) is 25.7 Å². The third-order valence-electron chi connectivity index (χ3n) is 5.03. The average Bonchev–Trinajstić information content (AvgIpc) is 2.68. The van der Waals surface area contributed by atoms with Gasteiger partial charge >= 0.3 is 6.18 Å². The maximum Gasteiger partial charge on any atom is 0.392 e. The zero-order valence-corrected chi connectivity index (χ0v) is 15.8. The molecule has 0 spiro atoms. The van der Waals surface area contributed by atoms with Crippen LogP contribution in [-0.4, -0.2) is 20.5 Å². The second-order valence-corrected chi connectivity index (χ2v) is 8.58. The van der Waals surface area contributed by atoms with Gasteiger partial charge in [-0.2, -0.15) is 13.2 Å². The Labute approximate surface area is 161 Å². The zero-order valence-electron chi connectivity index (χ0n) is 14.9. The number of benzene rings is 2. The highest BCUT2D eigenvalue weighted by Crippen LogP contribution is 2.41. The molecule has 4 nitrogen and oxygen atoms in total. The van der Waals surface area contributed by atoms with Crippen molar-refractivity contribution in [1.82, 2.24) is 4.72 Å². The number of carbonyl (C=O) groups is 1. The Kier molecular flexibility index (Phi) is 5.79. The Morgan fingerprint density at radius 1 is 0.893 bits per heavy atom. The molecule has 150 valence electrons. The average molecular weight is 411 g/mol. The van der Waals surface area contributed by atoms with Gasteiger partial charge in [0.1, 0.15) is 0 Å². The number of hydrogen-bond donors (Lipinski definition) is 1. The fourth-order valence-corrected chi connectivity index (χ4v) is 4.59. The normalized spacial score (nSPS) is 20.5. The summed E-state index contributed by atoms with van der Waals surface area (Å²) >= 11 is 0. The van der Waals surface area contributed by atoms with Gasteiger partial charge in [-0.3, -0.25) is 4.79 Å². The first kappa shape index (κ1) is 20.4. The predicted octanol–water partition coefficient (Wildman–Crippen LogP) is 4.53. The molecule has 0 saturated heterocycles. The van der Waals surface area contributed by atoms with Gasteiger partial charge in [-0.05, 0) is 36.1 Å². The minimum atomic E-state index is -4.52. The topological polar surface area (TPSA) is 63.2 Å². The number of amides is 1. The molecule has 0 radical (unpaired) electrons. The van der Waals surface area contributed by atoms with E-state index in [-0.39, 0.29) is 17.7 Å². The monoisotopic (exact) mass is 411 g/mol. The van der Waals surface area contributed by atoms with E-state index in [4.69, 9.17) is 0 Å². The van der Waals surface area contributed by atoms with Gasteiger partial charge in [0.15, 0.2) is 0 Å². The van der Waals surface area contributed by atoms with Gasteiger partial charge < -0.3 is 0 Å². The van der Waals surface area contributed by atoms with Crippen LogP contribution < -0.4 is 4.72 Å². The molecule has 2 unspecified atom stereocenters. The summed E-state index contributed by atoms with van der Waals surface area (Å²) in [6.45, 7) is 0. The SMILES string of the molecule is O=C(NS(=O)(=O)c1ccc(-c2ccccc2)cc1)C1CCCCC1C(F)(F)F. The molecule has 1 aliphatic carbocycles. The van der Waals surface area contributed by atoms with Gasteiger partial charge in [0.2, 0.25) is 5.91 Å². The second-order valence-electron chi connectivity index (χ2n) is 6.90. The van der Waals surface area contributed by atoms with Crippen LogP contribution in [0.3, 0.4) is 0 Å². The lowest BCUT2D eigenvalue weighted by molar-refractivity contribution is -0.197. The standard InChI is InChI=1S/C20H20F3NO3S/c21-20(22,23)18-9-5-4-8-17(18)19(25)24-28(26,27)16-12-10-15(11-13-16)14-6-2-1-3-7-14/h1-3,6-7,10-13,17-18H,4-5,8-9H2,(H,24,25). The molecular formula is C20H20F3NO3S. The lowest BCUT2D eigenvalue weighted by Crippen LogP contribution is -2.44. The maximum atomic E-state index is 13.2. The lowest BCUT2D eigenvalue weighted by Gasteiger charge is -2.31. The van der Waals surface area contributed by atoms with E-state index in [1.165, 1.54) is 12.1 Å². The molecule has 1 aliphatic rings. The molecule has 2 aromatic carbocycles. The van der Waals surface area contributed by atoms with E-state index < -0.39 is 33.9 Å². The van der Waals surface area contributed by atoms with Crippen molar-refractivity contribution in [2.24, 2.45) is 11.8 Å². The van der Waals surface area contributed by atoms with Gasteiger partial charge in [0.25, 0.3) is 10.0 Å². The van der Waals surface area contributed by atoms with E-state index in [0.29, 0.717) is 12.8 Å². The highest BCUT2D eigenvalue weighted by molar-refractivity contribution is 7.90. The number of hydrogen-bond acceptors (Lipinski definition) is 3. The van der Waals surface area contributed by atoms with Crippen LogP contribution in [0.25, 0.3) is 11.1 Å². The first-order valence-electron chi connectivity index (χ1n) is 8.97. The number of sulfonamides is 1. The molecule has 0 bridgehead atoms.